The number of amides is 1. The molecule has 1 aromatic rings. The Kier molecular flexibility index (Phi) is 3.94. The van der Waals surface area contributed by atoms with Crippen molar-refractivity contribution < 1.29 is 9.53 Å². The Morgan fingerprint density at radius 2 is 2.16 bits per heavy atom. The Labute approximate surface area is 117 Å². The van der Waals surface area contributed by atoms with Crippen molar-refractivity contribution in [2.45, 2.75) is 45.3 Å². The average Bonchev–Trinajstić information content (AvgIpc) is 2.76. The molecule has 19 heavy (non-hydrogen) atoms. The topological polar surface area (TPSA) is 55.3 Å². The van der Waals surface area contributed by atoms with Crippen LogP contribution in [0.1, 0.15) is 45.3 Å². The van der Waals surface area contributed by atoms with Crippen LogP contribution >= 0.6 is 11.6 Å². The van der Waals surface area contributed by atoms with Crippen molar-refractivity contribution in [1.29, 1.82) is 0 Å². The standard InChI is InChI=1S/C13H18ClN3O2/c1-13(2,3)19-12(18)17-8-4-5-10(17)9-6-7-11(14)16-15-9/h6-7,10H,4-5,8H2,1-3H3. The Morgan fingerprint density at radius 1 is 1.42 bits per heavy atom. The minimum atomic E-state index is -0.490. The number of carbonyl (C=O) groups is 1. The third-order valence-corrected chi connectivity index (χ3v) is 3.08. The number of hydrogen-bond acceptors (Lipinski definition) is 4. The number of hydrogen-bond donors (Lipinski definition) is 0. The first-order valence-corrected chi connectivity index (χ1v) is 6.73. The minimum Gasteiger partial charge on any atom is -0.444 e. The van der Waals surface area contributed by atoms with Gasteiger partial charge in [-0.25, -0.2) is 4.79 Å². The van der Waals surface area contributed by atoms with Gasteiger partial charge in [-0.15, -0.1) is 5.10 Å². The molecule has 0 N–H and O–H groups in total. The lowest BCUT2D eigenvalue weighted by Gasteiger charge is -2.28. The van der Waals surface area contributed by atoms with Crippen molar-refractivity contribution in [3.05, 3.63) is 23.0 Å². The number of rotatable bonds is 1. The van der Waals surface area contributed by atoms with E-state index in [1.165, 1.54) is 0 Å². The summed E-state index contributed by atoms with van der Waals surface area (Å²) < 4.78 is 5.41. The number of aromatic nitrogens is 2. The smallest absolute Gasteiger partial charge is 0.410 e. The van der Waals surface area contributed by atoms with Gasteiger partial charge in [0.25, 0.3) is 0 Å². The summed E-state index contributed by atoms with van der Waals surface area (Å²) in [4.78, 5) is 13.9. The fraction of sp³-hybridized carbons (Fsp3) is 0.615. The minimum absolute atomic E-state index is 0.0698. The van der Waals surface area contributed by atoms with Gasteiger partial charge in [0.2, 0.25) is 0 Å². The van der Waals surface area contributed by atoms with Crippen molar-refractivity contribution in [2.24, 2.45) is 0 Å². The molecule has 104 valence electrons. The quantitative estimate of drug-likeness (QED) is 0.794. The van der Waals surface area contributed by atoms with Crippen LogP contribution in [0.2, 0.25) is 5.15 Å². The molecule has 0 radical (unpaired) electrons. The number of likely N-dealkylation sites (tertiary alicyclic amines) is 1. The molecule has 1 amide bonds. The highest BCUT2D eigenvalue weighted by atomic mass is 35.5. The number of ether oxygens (including phenoxy) is 1. The summed E-state index contributed by atoms with van der Waals surface area (Å²) in [5.41, 5.74) is 0.267. The molecule has 6 heteroatoms. The Hall–Kier alpha value is -1.36. The molecule has 2 heterocycles. The summed E-state index contributed by atoms with van der Waals surface area (Å²) in [7, 11) is 0. The van der Waals surface area contributed by atoms with Gasteiger partial charge in [0.15, 0.2) is 5.15 Å². The summed E-state index contributed by atoms with van der Waals surface area (Å²) in [6.07, 6.45) is 1.51. The predicted octanol–water partition coefficient (Wildman–Crippen LogP) is 3.20. The highest BCUT2D eigenvalue weighted by Gasteiger charge is 2.34. The molecular weight excluding hydrogens is 266 g/mol. The summed E-state index contributed by atoms with van der Waals surface area (Å²) in [6.45, 7) is 6.26. The zero-order chi connectivity index (χ0) is 14.0. The van der Waals surface area contributed by atoms with E-state index in [9.17, 15) is 4.79 Å². The zero-order valence-corrected chi connectivity index (χ0v) is 12.1. The molecule has 2 rings (SSSR count). The predicted molar refractivity (Wildman–Crippen MR) is 72.0 cm³/mol. The van der Waals surface area contributed by atoms with E-state index < -0.39 is 5.60 Å². The molecule has 1 saturated heterocycles. The third-order valence-electron chi connectivity index (χ3n) is 2.87. The van der Waals surface area contributed by atoms with Gasteiger partial charge in [-0.05, 0) is 45.7 Å². The molecule has 0 aromatic carbocycles. The van der Waals surface area contributed by atoms with Gasteiger partial charge < -0.3 is 4.74 Å². The van der Waals surface area contributed by atoms with E-state index in [0.29, 0.717) is 11.7 Å². The summed E-state index contributed by atoms with van der Waals surface area (Å²) >= 11 is 5.73. The highest BCUT2D eigenvalue weighted by molar-refractivity contribution is 6.29. The van der Waals surface area contributed by atoms with Crippen LogP contribution in [0, 0.1) is 0 Å². The Bertz CT molecular complexity index is 456. The number of carbonyl (C=O) groups excluding carboxylic acids is 1. The van der Waals surface area contributed by atoms with E-state index in [2.05, 4.69) is 10.2 Å². The molecule has 1 fully saturated rings. The lowest BCUT2D eigenvalue weighted by atomic mass is 10.1. The van der Waals surface area contributed by atoms with Crippen molar-refractivity contribution in [2.75, 3.05) is 6.54 Å². The second-order valence-electron chi connectivity index (χ2n) is 5.61. The van der Waals surface area contributed by atoms with E-state index in [1.54, 1.807) is 11.0 Å². The van der Waals surface area contributed by atoms with Crippen LogP contribution in [0.5, 0.6) is 0 Å². The van der Waals surface area contributed by atoms with Gasteiger partial charge in [0, 0.05) is 6.54 Å². The first-order valence-electron chi connectivity index (χ1n) is 6.35. The molecule has 0 aliphatic carbocycles. The van der Waals surface area contributed by atoms with E-state index in [-0.39, 0.29) is 12.1 Å². The van der Waals surface area contributed by atoms with E-state index in [4.69, 9.17) is 16.3 Å². The van der Waals surface area contributed by atoms with Crippen molar-refractivity contribution in [3.8, 4) is 0 Å². The second kappa shape index (κ2) is 5.33. The zero-order valence-electron chi connectivity index (χ0n) is 11.4. The summed E-state index contributed by atoms with van der Waals surface area (Å²) in [5, 5.41) is 8.24. The van der Waals surface area contributed by atoms with Gasteiger partial charge in [0.05, 0.1) is 11.7 Å². The largest absolute Gasteiger partial charge is 0.444 e. The molecular formula is C13H18ClN3O2. The maximum absolute atomic E-state index is 12.1. The molecule has 1 atom stereocenters. The van der Waals surface area contributed by atoms with Gasteiger partial charge in [-0.2, -0.15) is 5.10 Å². The van der Waals surface area contributed by atoms with Crippen LogP contribution < -0.4 is 0 Å². The van der Waals surface area contributed by atoms with Crippen molar-refractivity contribution in [1.82, 2.24) is 15.1 Å². The average molecular weight is 284 g/mol. The van der Waals surface area contributed by atoms with Crippen molar-refractivity contribution >= 4 is 17.7 Å². The van der Waals surface area contributed by atoms with E-state index in [0.717, 1.165) is 18.5 Å². The molecule has 0 spiro atoms. The first-order chi connectivity index (χ1) is 8.87. The molecule has 1 aliphatic heterocycles. The second-order valence-corrected chi connectivity index (χ2v) is 6.00. The van der Waals surface area contributed by atoms with Gasteiger partial charge in [-0.1, -0.05) is 11.6 Å². The van der Waals surface area contributed by atoms with E-state index in [1.807, 2.05) is 26.8 Å². The van der Waals surface area contributed by atoms with Gasteiger partial charge in [-0.3, -0.25) is 4.90 Å². The lowest BCUT2D eigenvalue weighted by Crippen LogP contribution is -2.36. The fourth-order valence-electron chi connectivity index (χ4n) is 2.12. The maximum atomic E-state index is 12.1. The van der Waals surface area contributed by atoms with Crippen LogP contribution in [-0.2, 0) is 4.74 Å². The number of halogens is 1. The monoisotopic (exact) mass is 283 g/mol. The van der Waals surface area contributed by atoms with E-state index >= 15 is 0 Å². The van der Waals surface area contributed by atoms with Crippen LogP contribution in [0.4, 0.5) is 4.79 Å². The lowest BCUT2D eigenvalue weighted by molar-refractivity contribution is 0.0221. The fourth-order valence-corrected chi connectivity index (χ4v) is 2.22. The molecule has 1 aromatic heterocycles. The van der Waals surface area contributed by atoms with Crippen molar-refractivity contribution in [3.63, 3.8) is 0 Å². The van der Waals surface area contributed by atoms with Crippen LogP contribution in [-0.4, -0.2) is 33.3 Å². The Morgan fingerprint density at radius 3 is 2.74 bits per heavy atom. The third kappa shape index (κ3) is 3.56. The SMILES string of the molecule is CC(C)(C)OC(=O)N1CCCC1c1ccc(Cl)nn1. The molecule has 1 unspecified atom stereocenters. The van der Waals surface area contributed by atoms with Crippen LogP contribution in [0.25, 0.3) is 0 Å². The molecule has 5 nitrogen and oxygen atoms in total. The highest BCUT2D eigenvalue weighted by Crippen LogP contribution is 2.31. The summed E-state index contributed by atoms with van der Waals surface area (Å²) in [5.74, 6) is 0. The molecule has 1 aliphatic rings. The normalized spacial score (nSPS) is 19.6. The summed E-state index contributed by atoms with van der Waals surface area (Å²) in [6, 6.07) is 3.43. The number of nitrogens with zero attached hydrogens (tertiary/aromatic N) is 3. The van der Waals surface area contributed by atoms with Gasteiger partial charge >= 0.3 is 6.09 Å². The van der Waals surface area contributed by atoms with Crippen LogP contribution in [0.3, 0.4) is 0 Å². The first kappa shape index (κ1) is 14.1. The maximum Gasteiger partial charge on any atom is 0.410 e. The van der Waals surface area contributed by atoms with Gasteiger partial charge in [0.1, 0.15) is 5.60 Å². The van der Waals surface area contributed by atoms with Crippen LogP contribution in [0.15, 0.2) is 12.1 Å². The molecule has 0 bridgehead atoms. The Balaban J connectivity index is 2.12. The molecule has 0 saturated carbocycles.